The van der Waals surface area contributed by atoms with Gasteiger partial charge in [0.2, 0.25) is 0 Å². The summed E-state index contributed by atoms with van der Waals surface area (Å²) >= 11 is 5.88. The molecule has 0 radical (unpaired) electrons. The van der Waals surface area contributed by atoms with Gasteiger partial charge in [-0.1, -0.05) is 0 Å². The molecule has 1 atom stereocenters. The van der Waals surface area contributed by atoms with Crippen molar-refractivity contribution in [2.75, 3.05) is 26.1 Å². The number of benzene rings is 1. The zero-order chi connectivity index (χ0) is 14.8. The number of hydrogen-bond donors (Lipinski definition) is 0. The molecule has 1 fully saturated rings. The molecule has 1 saturated heterocycles. The number of methoxy groups -OCH3 is 1. The Morgan fingerprint density at radius 1 is 1.45 bits per heavy atom. The molecule has 5 heteroatoms. The van der Waals surface area contributed by atoms with E-state index in [1.807, 2.05) is 13.8 Å². The van der Waals surface area contributed by atoms with Gasteiger partial charge in [0, 0.05) is 18.7 Å². The third-order valence-corrected chi connectivity index (χ3v) is 3.62. The fourth-order valence-corrected chi connectivity index (χ4v) is 2.61. The van der Waals surface area contributed by atoms with E-state index in [2.05, 4.69) is 0 Å². The second kappa shape index (κ2) is 6.02. The fraction of sp³-hybridized carbons (Fsp3) is 0.533. The number of carbonyl (C=O) groups excluding carboxylic acids is 1. The van der Waals surface area contributed by atoms with Crippen LogP contribution in [0.4, 0.5) is 0 Å². The van der Waals surface area contributed by atoms with Gasteiger partial charge in [-0.25, -0.2) is 0 Å². The number of carbonyl (C=O) groups is 1. The molecule has 0 aromatic heterocycles. The zero-order valence-electron chi connectivity index (χ0n) is 12.1. The average molecular weight is 298 g/mol. The Balaban J connectivity index is 2.14. The molecule has 0 aliphatic carbocycles. The Morgan fingerprint density at radius 2 is 2.10 bits per heavy atom. The maximum atomic E-state index is 12.5. The lowest BCUT2D eigenvalue weighted by atomic mass is 10.0. The third kappa shape index (κ3) is 3.44. The first-order chi connectivity index (χ1) is 9.45. The highest BCUT2D eigenvalue weighted by Gasteiger charge is 2.35. The molecule has 1 heterocycles. The molecular formula is C15H20ClNO3. The Labute approximate surface area is 124 Å². The second-order valence-electron chi connectivity index (χ2n) is 5.57. The van der Waals surface area contributed by atoms with Gasteiger partial charge in [-0.15, -0.1) is 11.6 Å². The topological polar surface area (TPSA) is 38.8 Å². The van der Waals surface area contributed by atoms with Crippen LogP contribution in [-0.2, 0) is 4.74 Å². The van der Waals surface area contributed by atoms with Crippen LogP contribution in [0.3, 0.4) is 0 Å². The first kappa shape index (κ1) is 15.1. The van der Waals surface area contributed by atoms with Gasteiger partial charge in [0.05, 0.1) is 24.7 Å². The number of halogens is 1. The first-order valence-electron chi connectivity index (χ1n) is 6.62. The van der Waals surface area contributed by atoms with Crippen molar-refractivity contribution in [2.24, 2.45) is 0 Å². The van der Waals surface area contributed by atoms with Gasteiger partial charge in [-0.3, -0.25) is 4.79 Å². The predicted molar refractivity (Wildman–Crippen MR) is 78.6 cm³/mol. The van der Waals surface area contributed by atoms with Crippen LogP contribution in [0.2, 0.25) is 0 Å². The zero-order valence-corrected chi connectivity index (χ0v) is 12.8. The maximum absolute atomic E-state index is 12.5. The largest absolute Gasteiger partial charge is 0.497 e. The highest BCUT2D eigenvalue weighted by atomic mass is 35.5. The summed E-state index contributed by atoms with van der Waals surface area (Å²) < 4.78 is 10.9. The molecule has 1 unspecified atom stereocenters. The van der Waals surface area contributed by atoms with Crippen LogP contribution in [0.5, 0.6) is 5.75 Å². The smallest absolute Gasteiger partial charge is 0.254 e. The molecule has 2 rings (SSSR count). The maximum Gasteiger partial charge on any atom is 0.254 e. The Kier molecular flexibility index (Phi) is 4.55. The van der Waals surface area contributed by atoms with Crippen molar-refractivity contribution in [1.29, 1.82) is 0 Å². The Bertz CT molecular complexity index is 473. The summed E-state index contributed by atoms with van der Waals surface area (Å²) in [7, 11) is 1.60. The summed E-state index contributed by atoms with van der Waals surface area (Å²) in [5.74, 6) is 1.12. The lowest BCUT2D eigenvalue weighted by Gasteiger charge is -2.42. The Hall–Kier alpha value is -1.26. The van der Waals surface area contributed by atoms with Crippen LogP contribution >= 0.6 is 11.6 Å². The molecule has 1 aliphatic heterocycles. The van der Waals surface area contributed by atoms with Gasteiger partial charge in [0.25, 0.3) is 5.91 Å². The third-order valence-electron chi connectivity index (χ3n) is 3.28. The molecule has 0 saturated carbocycles. The summed E-state index contributed by atoms with van der Waals surface area (Å²) in [6, 6.07) is 7.13. The number of morpholine rings is 1. The summed E-state index contributed by atoms with van der Waals surface area (Å²) in [5.41, 5.74) is 0.275. The van der Waals surface area contributed by atoms with Crippen molar-refractivity contribution in [2.45, 2.75) is 25.6 Å². The van der Waals surface area contributed by atoms with Gasteiger partial charge in [0.1, 0.15) is 5.75 Å². The van der Waals surface area contributed by atoms with E-state index in [4.69, 9.17) is 21.1 Å². The van der Waals surface area contributed by atoms with Crippen LogP contribution in [-0.4, -0.2) is 48.6 Å². The van der Waals surface area contributed by atoms with Crippen molar-refractivity contribution in [3.63, 3.8) is 0 Å². The SMILES string of the molecule is COc1ccc(C(=O)N2CC(CCl)OC(C)(C)C2)cc1. The molecule has 4 nitrogen and oxygen atoms in total. The van der Waals surface area contributed by atoms with Gasteiger partial charge < -0.3 is 14.4 Å². The van der Waals surface area contributed by atoms with Crippen LogP contribution in [0.15, 0.2) is 24.3 Å². The minimum atomic E-state index is -0.375. The van der Waals surface area contributed by atoms with Crippen LogP contribution in [0.25, 0.3) is 0 Å². The molecular weight excluding hydrogens is 278 g/mol. The number of amides is 1. The highest BCUT2D eigenvalue weighted by Crippen LogP contribution is 2.23. The monoisotopic (exact) mass is 297 g/mol. The molecule has 1 aromatic rings. The number of rotatable bonds is 3. The van der Waals surface area contributed by atoms with E-state index in [-0.39, 0.29) is 17.6 Å². The number of ether oxygens (including phenoxy) is 2. The molecule has 1 aliphatic rings. The highest BCUT2D eigenvalue weighted by molar-refractivity contribution is 6.18. The molecule has 1 aromatic carbocycles. The molecule has 1 amide bonds. The molecule has 0 bridgehead atoms. The number of alkyl halides is 1. The van der Waals surface area contributed by atoms with E-state index in [1.165, 1.54) is 0 Å². The fourth-order valence-electron chi connectivity index (χ4n) is 2.45. The number of hydrogen-bond acceptors (Lipinski definition) is 3. The normalized spacial score (nSPS) is 21.6. The van der Waals surface area contributed by atoms with E-state index < -0.39 is 0 Å². The average Bonchev–Trinajstić information content (AvgIpc) is 2.44. The van der Waals surface area contributed by atoms with E-state index in [9.17, 15) is 4.79 Å². The summed E-state index contributed by atoms with van der Waals surface area (Å²) in [5, 5.41) is 0. The molecule has 110 valence electrons. The lowest BCUT2D eigenvalue weighted by molar-refractivity contribution is -0.117. The van der Waals surface area contributed by atoms with Crippen molar-refractivity contribution in [1.82, 2.24) is 4.90 Å². The molecule has 0 spiro atoms. The van der Waals surface area contributed by atoms with Crippen LogP contribution < -0.4 is 4.74 Å². The van der Waals surface area contributed by atoms with Crippen molar-refractivity contribution < 1.29 is 14.3 Å². The lowest BCUT2D eigenvalue weighted by Crippen LogP contribution is -2.55. The molecule has 0 N–H and O–H groups in total. The van der Waals surface area contributed by atoms with Crippen LogP contribution in [0.1, 0.15) is 24.2 Å². The van der Waals surface area contributed by atoms with Crippen molar-refractivity contribution in [3.05, 3.63) is 29.8 Å². The van der Waals surface area contributed by atoms with Crippen molar-refractivity contribution in [3.8, 4) is 5.75 Å². The van der Waals surface area contributed by atoms with E-state index in [0.29, 0.717) is 24.5 Å². The van der Waals surface area contributed by atoms with E-state index in [0.717, 1.165) is 5.75 Å². The van der Waals surface area contributed by atoms with Gasteiger partial charge >= 0.3 is 0 Å². The second-order valence-corrected chi connectivity index (χ2v) is 5.88. The summed E-state index contributed by atoms with van der Waals surface area (Å²) in [4.78, 5) is 14.3. The van der Waals surface area contributed by atoms with Crippen LogP contribution in [0, 0.1) is 0 Å². The van der Waals surface area contributed by atoms with E-state index in [1.54, 1.807) is 36.3 Å². The summed E-state index contributed by atoms with van der Waals surface area (Å²) in [6.45, 7) is 5.03. The van der Waals surface area contributed by atoms with Crippen molar-refractivity contribution >= 4 is 17.5 Å². The number of nitrogens with zero attached hydrogens (tertiary/aromatic N) is 1. The van der Waals surface area contributed by atoms with Gasteiger partial charge in [-0.2, -0.15) is 0 Å². The quantitative estimate of drug-likeness (QED) is 0.805. The standard InChI is InChI=1S/C15H20ClNO3/c1-15(2)10-17(9-13(8-16)20-15)14(18)11-4-6-12(19-3)7-5-11/h4-7,13H,8-10H2,1-3H3. The van der Waals surface area contributed by atoms with Gasteiger partial charge in [-0.05, 0) is 38.1 Å². The van der Waals surface area contributed by atoms with Gasteiger partial charge in [0.15, 0.2) is 0 Å². The minimum Gasteiger partial charge on any atom is -0.497 e. The Morgan fingerprint density at radius 3 is 2.65 bits per heavy atom. The van der Waals surface area contributed by atoms with E-state index >= 15 is 0 Å². The first-order valence-corrected chi connectivity index (χ1v) is 7.16. The molecule has 20 heavy (non-hydrogen) atoms. The minimum absolute atomic E-state index is 0.000792. The predicted octanol–water partition coefficient (Wildman–Crippen LogP) is 2.55. The summed E-state index contributed by atoms with van der Waals surface area (Å²) in [6.07, 6.45) is -0.123.